The molecule has 2 N–H and O–H groups in total. The van der Waals surface area contributed by atoms with Crippen molar-refractivity contribution in [2.45, 2.75) is 38.8 Å². The highest BCUT2D eigenvalue weighted by Crippen LogP contribution is 2.12. The van der Waals surface area contributed by atoms with Crippen LogP contribution in [0.25, 0.3) is 0 Å². The van der Waals surface area contributed by atoms with E-state index in [1.165, 1.54) is 5.56 Å². The third kappa shape index (κ3) is 3.98. The molecule has 3 heteroatoms. The van der Waals surface area contributed by atoms with Crippen LogP contribution in [0.1, 0.15) is 38.3 Å². The zero-order valence-electron chi connectivity index (χ0n) is 9.48. The molecule has 0 bridgehead atoms. The van der Waals surface area contributed by atoms with Gasteiger partial charge in [-0.05, 0) is 37.5 Å². The average Bonchev–Trinajstić information content (AvgIpc) is 2.29. The zero-order chi connectivity index (χ0) is 11.1. The number of aliphatic hydroxyl groups is 1. The van der Waals surface area contributed by atoms with Gasteiger partial charge in [0, 0.05) is 31.1 Å². The maximum Gasteiger partial charge on any atom is 0.0445 e. The Bertz CT molecular complexity index is 264. The van der Waals surface area contributed by atoms with Crippen molar-refractivity contribution in [1.82, 2.24) is 10.3 Å². The standard InChI is InChI=1S/C12H20N2O/c1-3-12(6-9-15)14-10(2)11-4-7-13-8-5-11/h4-5,7-8,10,12,14-15H,3,6,9H2,1-2H3. The minimum absolute atomic E-state index is 0.245. The van der Waals surface area contributed by atoms with E-state index in [4.69, 9.17) is 5.11 Å². The molecule has 0 saturated carbocycles. The Morgan fingerprint density at radius 2 is 2.07 bits per heavy atom. The van der Waals surface area contributed by atoms with E-state index in [9.17, 15) is 0 Å². The van der Waals surface area contributed by atoms with Crippen LogP contribution in [0, 0.1) is 0 Å². The Morgan fingerprint density at radius 3 is 2.60 bits per heavy atom. The lowest BCUT2D eigenvalue weighted by Crippen LogP contribution is -2.31. The molecule has 1 rings (SSSR count). The third-order valence-electron chi connectivity index (χ3n) is 2.66. The van der Waals surface area contributed by atoms with Gasteiger partial charge in [-0.3, -0.25) is 4.98 Å². The summed E-state index contributed by atoms with van der Waals surface area (Å²) in [5.74, 6) is 0. The van der Waals surface area contributed by atoms with Crippen molar-refractivity contribution in [3.8, 4) is 0 Å². The van der Waals surface area contributed by atoms with Gasteiger partial charge in [0.15, 0.2) is 0 Å². The number of nitrogens with one attached hydrogen (secondary N) is 1. The Labute approximate surface area is 91.5 Å². The molecule has 0 saturated heterocycles. The fourth-order valence-electron chi connectivity index (χ4n) is 1.66. The van der Waals surface area contributed by atoms with E-state index in [1.54, 1.807) is 12.4 Å². The lowest BCUT2D eigenvalue weighted by Gasteiger charge is -2.21. The molecule has 1 aromatic rings. The van der Waals surface area contributed by atoms with Gasteiger partial charge in [-0.2, -0.15) is 0 Å². The van der Waals surface area contributed by atoms with E-state index in [-0.39, 0.29) is 6.61 Å². The van der Waals surface area contributed by atoms with Crippen molar-refractivity contribution in [3.63, 3.8) is 0 Å². The van der Waals surface area contributed by atoms with Crippen molar-refractivity contribution in [2.75, 3.05) is 6.61 Å². The van der Waals surface area contributed by atoms with Crippen molar-refractivity contribution in [1.29, 1.82) is 0 Å². The Morgan fingerprint density at radius 1 is 1.40 bits per heavy atom. The second-order valence-electron chi connectivity index (χ2n) is 3.79. The van der Waals surface area contributed by atoms with Crippen molar-refractivity contribution < 1.29 is 5.11 Å². The molecule has 0 aromatic carbocycles. The van der Waals surface area contributed by atoms with E-state index < -0.39 is 0 Å². The molecule has 1 aromatic heterocycles. The SMILES string of the molecule is CCC(CCO)NC(C)c1ccncc1. The lowest BCUT2D eigenvalue weighted by molar-refractivity contribution is 0.257. The molecule has 0 aliphatic carbocycles. The van der Waals surface area contributed by atoms with Gasteiger partial charge in [0.05, 0.1) is 0 Å². The summed E-state index contributed by atoms with van der Waals surface area (Å²) in [4.78, 5) is 4.00. The van der Waals surface area contributed by atoms with Gasteiger partial charge in [-0.25, -0.2) is 0 Å². The number of nitrogens with zero attached hydrogens (tertiary/aromatic N) is 1. The van der Waals surface area contributed by atoms with Crippen LogP contribution in [-0.2, 0) is 0 Å². The molecule has 3 nitrogen and oxygen atoms in total. The van der Waals surface area contributed by atoms with Gasteiger partial charge in [-0.15, -0.1) is 0 Å². The smallest absolute Gasteiger partial charge is 0.0445 e. The van der Waals surface area contributed by atoms with E-state index in [1.807, 2.05) is 12.1 Å². The first-order chi connectivity index (χ1) is 7.27. The second kappa shape index (κ2) is 6.53. The van der Waals surface area contributed by atoms with Gasteiger partial charge in [-0.1, -0.05) is 6.92 Å². The molecule has 15 heavy (non-hydrogen) atoms. The number of aliphatic hydroxyl groups excluding tert-OH is 1. The van der Waals surface area contributed by atoms with E-state index in [2.05, 4.69) is 24.1 Å². The molecule has 1 heterocycles. The van der Waals surface area contributed by atoms with Crippen molar-refractivity contribution >= 4 is 0 Å². The lowest BCUT2D eigenvalue weighted by atomic mass is 10.1. The number of rotatable bonds is 6. The number of hydrogen-bond donors (Lipinski definition) is 2. The van der Waals surface area contributed by atoms with Gasteiger partial charge >= 0.3 is 0 Å². The fraction of sp³-hybridized carbons (Fsp3) is 0.583. The second-order valence-corrected chi connectivity index (χ2v) is 3.79. The largest absolute Gasteiger partial charge is 0.396 e. The van der Waals surface area contributed by atoms with Crippen LogP contribution in [0.15, 0.2) is 24.5 Å². The molecule has 84 valence electrons. The molecule has 0 spiro atoms. The molecular formula is C12H20N2O. The predicted octanol–water partition coefficient (Wildman–Crippen LogP) is 1.89. The molecule has 0 aliphatic rings. The molecule has 0 fully saturated rings. The monoisotopic (exact) mass is 208 g/mol. The summed E-state index contributed by atoms with van der Waals surface area (Å²) in [5.41, 5.74) is 1.24. The Hall–Kier alpha value is -0.930. The summed E-state index contributed by atoms with van der Waals surface area (Å²) >= 11 is 0. The third-order valence-corrected chi connectivity index (χ3v) is 2.66. The van der Waals surface area contributed by atoms with Gasteiger partial charge < -0.3 is 10.4 Å². The van der Waals surface area contributed by atoms with Crippen LogP contribution in [-0.4, -0.2) is 22.7 Å². The minimum Gasteiger partial charge on any atom is -0.396 e. The van der Waals surface area contributed by atoms with Crippen LogP contribution in [0.2, 0.25) is 0 Å². The summed E-state index contributed by atoms with van der Waals surface area (Å²) in [5, 5.41) is 12.4. The van der Waals surface area contributed by atoms with E-state index >= 15 is 0 Å². The van der Waals surface area contributed by atoms with Gasteiger partial charge in [0.1, 0.15) is 0 Å². The predicted molar refractivity (Wildman–Crippen MR) is 61.6 cm³/mol. The molecule has 0 radical (unpaired) electrons. The average molecular weight is 208 g/mol. The molecule has 0 aliphatic heterocycles. The minimum atomic E-state index is 0.245. The maximum absolute atomic E-state index is 8.90. The van der Waals surface area contributed by atoms with Gasteiger partial charge in [0.25, 0.3) is 0 Å². The van der Waals surface area contributed by atoms with E-state index in [0.717, 1.165) is 12.8 Å². The quantitative estimate of drug-likeness (QED) is 0.750. The number of hydrogen-bond acceptors (Lipinski definition) is 3. The van der Waals surface area contributed by atoms with Crippen molar-refractivity contribution in [2.24, 2.45) is 0 Å². The van der Waals surface area contributed by atoms with Crippen LogP contribution in [0.4, 0.5) is 0 Å². The highest BCUT2D eigenvalue weighted by Gasteiger charge is 2.10. The van der Waals surface area contributed by atoms with E-state index in [0.29, 0.717) is 12.1 Å². The molecule has 2 unspecified atom stereocenters. The Balaban J connectivity index is 2.50. The highest BCUT2D eigenvalue weighted by atomic mass is 16.3. The van der Waals surface area contributed by atoms with Crippen molar-refractivity contribution in [3.05, 3.63) is 30.1 Å². The van der Waals surface area contributed by atoms with Crippen LogP contribution in [0.3, 0.4) is 0 Å². The van der Waals surface area contributed by atoms with Gasteiger partial charge in [0.2, 0.25) is 0 Å². The van der Waals surface area contributed by atoms with Crippen LogP contribution < -0.4 is 5.32 Å². The molecule has 0 amide bonds. The summed E-state index contributed by atoms with van der Waals surface area (Å²) in [7, 11) is 0. The number of pyridine rings is 1. The fourth-order valence-corrected chi connectivity index (χ4v) is 1.66. The summed E-state index contributed by atoms with van der Waals surface area (Å²) in [6.07, 6.45) is 5.46. The maximum atomic E-state index is 8.90. The topological polar surface area (TPSA) is 45.1 Å². The first-order valence-electron chi connectivity index (χ1n) is 5.54. The normalized spacial score (nSPS) is 14.9. The van der Waals surface area contributed by atoms with Crippen LogP contribution in [0.5, 0.6) is 0 Å². The summed E-state index contributed by atoms with van der Waals surface area (Å²) < 4.78 is 0. The first kappa shape index (κ1) is 12.1. The first-order valence-corrected chi connectivity index (χ1v) is 5.54. The highest BCUT2D eigenvalue weighted by molar-refractivity contribution is 5.14. The Kier molecular flexibility index (Phi) is 5.29. The number of aromatic nitrogens is 1. The summed E-state index contributed by atoms with van der Waals surface area (Å²) in [6, 6.07) is 4.73. The van der Waals surface area contributed by atoms with Crippen LogP contribution >= 0.6 is 0 Å². The zero-order valence-corrected chi connectivity index (χ0v) is 9.48. The molecular weight excluding hydrogens is 188 g/mol. The summed E-state index contributed by atoms with van der Waals surface area (Å²) in [6.45, 7) is 4.51. The molecule has 2 atom stereocenters.